The number of carbonyl (C=O) groups excluding carboxylic acids is 1. The van der Waals surface area contributed by atoms with Crippen molar-refractivity contribution in [2.75, 3.05) is 20.2 Å². The zero-order valence-corrected chi connectivity index (χ0v) is 23.0. The van der Waals surface area contributed by atoms with Crippen LogP contribution in [0.1, 0.15) is 89.9 Å². The molecule has 2 aliphatic heterocycles. The topological polar surface area (TPSA) is 75.0 Å². The van der Waals surface area contributed by atoms with E-state index in [9.17, 15) is 4.79 Å². The van der Waals surface area contributed by atoms with Crippen LogP contribution in [0.25, 0.3) is 0 Å². The SMILES string of the molecule is COc1cc(C(=O)N2CCC3(CC2)CC(OC(C)C)c2nn(C(C)(C)C)cc2O3)ccc1OC(C)C. The molecule has 1 aromatic carbocycles. The molecule has 4 rings (SSSR count). The number of likely N-dealkylation sites (tertiary alicyclic amines) is 1. The molecule has 1 fully saturated rings. The average molecular weight is 500 g/mol. The maximum absolute atomic E-state index is 13.3. The third-order valence-corrected chi connectivity index (χ3v) is 6.76. The lowest BCUT2D eigenvalue weighted by molar-refractivity contribution is -0.0885. The number of fused-ring (bicyclic) bond motifs is 1. The Morgan fingerprint density at radius 2 is 1.81 bits per heavy atom. The Bertz CT molecular complexity index is 1080. The lowest BCUT2D eigenvalue weighted by atomic mass is 9.83. The molecule has 2 aliphatic rings. The van der Waals surface area contributed by atoms with Crippen molar-refractivity contribution >= 4 is 5.91 Å². The molecule has 8 heteroatoms. The number of methoxy groups -OCH3 is 1. The summed E-state index contributed by atoms with van der Waals surface area (Å²) in [6.07, 6.45) is 4.18. The first-order valence-electron chi connectivity index (χ1n) is 13.0. The molecule has 0 bridgehead atoms. The van der Waals surface area contributed by atoms with Crippen LogP contribution in [0, 0.1) is 0 Å². The number of nitrogens with zero attached hydrogens (tertiary/aromatic N) is 3. The van der Waals surface area contributed by atoms with E-state index in [-0.39, 0.29) is 35.4 Å². The van der Waals surface area contributed by atoms with Crippen molar-refractivity contribution in [2.24, 2.45) is 0 Å². The highest BCUT2D eigenvalue weighted by atomic mass is 16.5. The Hall–Kier alpha value is -2.74. The summed E-state index contributed by atoms with van der Waals surface area (Å²) in [7, 11) is 1.59. The third kappa shape index (κ3) is 5.48. The summed E-state index contributed by atoms with van der Waals surface area (Å²) in [5.74, 6) is 1.99. The standard InChI is InChI=1S/C28H41N3O5/c1-18(2)34-21-10-9-20(15-22(21)33-8)26(32)30-13-11-28(12-14-30)16-23(35-19(3)4)25-24(36-28)17-31(29-25)27(5,6)7/h9-10,15,17-19,23H,11-14,16H2,1-8H3. The summed E-state index contributed by atoms with van der Waals surface area (Å²) in [4.78, 5) is 15.2. The Morgan fingerprint density at radius 3 is 2.39 bits per heavy atom. The number of hydrogen-bond donors (Lipinski definition) is 0. The van der Waals surface area contributed by atoms with Crippen LogP contribution in [0.15, 0.2) is 24.4 Å². The van der Waals surface area contributed by atoms with Gasteiger partial charge in [-0.3, -0.25) is 9.48 Å². The van der Waals surface area contributed by atoms with Crippen LogP contribution in [0.5, 0.6) is 17.2 Å². The highest BCUT2D eigenvalue weighted by molar-refractivity contribution is 5.95. The molecular weight excluding hydrogens is 458 g/mol. The summed E-state index contributed by atoms with van der Waals surface area (Å²) in [6, 6.07) is 5.38. The summed E-state index contributed by atoms with van der Waals surface area (Å²) < 4.78 is 26.2. The van der Waals surface area contributed by atoms with Crippen molar-refractivity contribution in [3.8, 4) is 17.2 Å². The van der Waals surface area contributed by atoms with Gasteiger partial charge in [-0.2, -0.15) is 5.10 Å². The Kier molecular flexibility index (Phi) is 7.28. The minimum atomic E-state index is -0.373. The number of ether oxygens (including phenoxy) is 4. The number of carbonyl (C=O) groups is 1. The van der Waals surface area contributed by atoms with Gasteiger partial charge in [-0.05, 0) is 66.7 Å². The zero-order valence-electron chi connectivity index (χ0n) is 23.0. The fraction of sp³-hybridized carbons (Fsp3) is 0.643. The summed E-state index contributed by atoms with van der Waals surface area (Å²) in [6.45, 7) is 15.6. The average Bonchev–Trinajstić information content (AvgIpc) is 3.23. The highest BCUT2D eigenvalue weighted by Crippen LogP contribution is 2.46. The lowest BCUT2D eigenvalue weighted by Crippen LogP contribution is -2.52. The zero-order chi connectivity index (χ0) is 26.3. The molecular formula is C28H41N3O5. The van der Waals surface area contributed by atoms with Crippen LogP contribution < -0.4 is 14.2 Å². The van der Waals surface area contributed by atoms with Gasteiger partial charge in [0.25, 0.3) is 5.91 Å². The highest BCUT2D eigenvalue weighted by Gasteiger charge is 2.46. The first kappa shape index (κ1) is 26.3. The number of rotatable bonds is 6. The lowest BCUT2D eigenvalue weighted by Gasteiger charge is -2.45. The normalized spacial score (nSPS) is 19.4. The molecule has 8 nitrogen and oxygen atoms in total. The quantitative estimate of drug-likeness (QED) is 0.533. The van der Waals surface area contributed by atoms with Crippen LogP contribution in [0.4, 0.5) is 0 Å². The van der Waals surface area contributed by atoms with Crippen LogP contribution >= 0.6 is 0 Å². The maximum atomic E-state index is 13.3. The van der Waals surface area contributed by atoms with E-state index in [1.807, 2.05) is 41.8 Å². The van der Waals surface area contributed by atoms with Crippen molar-refractivity contribution in [3.05, 3.63) is 35.7 Å². The molecule has 0 radical (unpaired) electrons. The Labute approximate surface area is 214 Å². The fourth-order valence-electron chi connectivity index (χ4n) is 4.93. The van der Waals surface area contributed by atoms with E-state index in [0.29, 0.717) is 30.2 Å². The third-order valence-electron chi connectivity index (χ3n) is 6.76. The van der Waals surface area contributed by atoms with Gasteiger partial charge in [-0.1, -0.05) is 0 Å². The smallest absolute Gasteiger partial charge is 0.253 e. The van der Waals surface area contributed by atoms with E-state index < -0.39 is 0 Å². The van der Waals surface area contributed by atoms with Crippen LogP contribution in [0.2, 0.25) is 0 Å². The molecule has 1 aromatic heterocycles. The van der Waals surface area contributed by atoms with Gasteiger partial charge in [0, 0.05) is 37.9 Å². The molecule has 1 amide bonds. The van der Waals surface area contributed by atoms with Gasteiger partial charge in [-0.25, -0.2) is 0 Å². The summed E-state index contributed by atoms with van der Waals surface area (Å²) >= 11 is 0. The van der Waals surface area contributed by atoms with Crippen LogP contribution in [0.3, 0.4) is 0 Å². The molecule has 36 heavy (non-hydrogen) atoms. The first-order chi connectivity index (χ1) is 16.9. The minimum absolute atomic E-state index is 0.00808. The molecule has 1 spiro atoms. The molecule has 1 unspecified atom stereocenters. The van der Waals surface area contributed by atoms with Crippen molar-refractivity contribution < 1.29 is 23.7 Å². The van der Waals surface area contributed by atoms with Gasteiger partial charge in [0.15, 0.2) is 17.2 Å². The number of amides is 1. The van der Waals surface area contributed by atoms with Gasteiger partial charge in [0.2, 0.25) is 0 Å². The van der Waals surface area contributed by atoms with Crippen molar-refractivity contribution in [2.45, 2.75) is 97.2 Å². The Morgan fingerprint density at radius 1 is 1.11 bits per heavy atom. The van der Waals surface area contributed by atoms with Crippen molar-refractivity contribution in [1.29, 1.82) is 0 Å². The monoisotopic (exact) mass is 499 g/mol. The molecule has 2 aromatic rings. The number of aromatic nitrogens is 2. The van der Waals surface area contributed by atoms with Gasteiger partial charge < -0.3 is 23.8 Å². The van der Waals surface area contributed by atoms with E-state index in [1.54, 1.807) is 13.2 Å². The van der Waals surface area contributed by atoms with Gasteiger partial charge in [0.1, 0.15) is 17.4 Å². The second kappa shape index (κ2) is 9.96. The number of hydrogen-bond acceptors (Lipinski definition) is 6. The van der Waals surface area contributed by atoms with Crippen molar-refractivity contribution in [1.82, 2.24) is 14.7 Å². The van der Waals surface area contributed by atoms with E-state index in [2.05, 4.69) is 34.6 Å². The molecule has 198 valence electrons. The van der Waals surface area contributed by atoms with E-state index in [0.717, 1.165) is 30.7 Å². The van der Waals surface area contributed by atoms with Crippen LogP contribution in [-0.2, 0) is 10.3 Å². The molecule has 0 aliphatic carbocycles. The maximum Gasteiger partial charge on any atom is 0.253 e. The van der Waals surface area contributed by atoms with Gasteiger partial charge in [0.05, 0.1) is 31.1 Å². The van der Waals surface area contributed by atoms with E-state index in [1.165, 1.54) is 0 Å². The van der Waals surface area contributed by atoms with Gasteiger partial charge >= 0.3 is 0 Å². The second-order valence-corrected chi connectivity index (χ2v) is 11.5. The summed E-state index contributed by atoms with van der Waals surface area (Å²) in [5, 5.41) is 4.84. The minimum Gasteiger partial charge on any atom is -0.493 e. The molecule has 0 N–H and O–H groups in total. The molecule has 0 saturated carbocycles. The van der Waals surface area contributed by atoms with E-state index in [4.69, 9.17) is 24.0 Å². The predicted molar refractivity (Wildman–Crippen MR) is 138 cm³/mol. The van der Waals surface area contributed by atoms with Crippen molar-refractivity contribution in [3.63, 3.8) is 0 Å². The number of benzene rings is 1. The first-order valence-corrected chi connectivity index (χ1v) is 13.0. The second-order valence-electron chi connectivity index (χ2n) is 11.5. The molecule has 1 atom stereocenters. The predicted octanol–water partition coefficient (Wildman–Crippen LogP) is 5.36. The summed E-state index contributed by atoms with van der Waals surface area (Å²) in [5.41, 5.74) is 0.946. The molecule has 1 saturated heterocycles. The van der Waals surface area contributed by atoms with Crippen LogP contribution in [-0.4, -0.2) is 58.6 Å². The molecule has 3 heterocycles. The van der Waals surface area contributed by atoms with Gasteiger partial charge in [-0.15, -0.1) is 0 Å². The Balaban J connectivity index is 1.50. The number of piperidine rings is 1. The van der Waals surface area contributed by atoms with E-state index >= 15 is 0 Å². The largest absolute Gasteiger partial charge is 0.493 e. The fourth-order valence-corrected chi connectivity index (χ4v) is 4.93.